The summed E-state index contributed by atoms with van der Waals surface area (Å²) in [6.45, 7) is 3.20. The van der Waals surface area contributed by atoms with Crippen LogP contribution in [0.15, 0.2) is 75.1 Å². The zero-order valence-corrected chi connectivity index (χ0v) is 18.5. The Kier molecular flexibility index (Phi) is 6.35. The molecule has 1 aromatic heterocycles. The lowest BCUT2D eigenvalue weighted by molar-refractivity contribution is 0.411. The van der Waals surface area contributed by atoms with Crippen molar-refractivity contribution in [1.82, 2.24) is 4.72 Å². The molecule has 30 heavy (non-hydrogen) atoms. The van der Waals surface area contributed by atoms with Crippen molar-refractivity contribution < 1.29 is 26.0 Å². The van der Waals surface area contributed by atoms with Crippen molar-refractivity contribution in [2.75, 3.05) is 13.7 Å². The van der Waals surface area contributed by atoms with Crippen LogP contribution in [0.1, 0.15) is 22.1 Å². The Morgan fingerprint density at radius 2 is 1.63 bits per heavy atom. The zero-order chi connectivity index (χ0) is 21.9. The maximum atomic E-state index is 13.2. The Balaban J connectivity index is 1.91. The predicted octanol–water partition coefficient (Wildman–Crippen LogP) is 3.40. The Morgan fingerprint density at radius 1 is 0.967 bits per heavy atom. The van der Waals surface area contributed by atoms with E-state index in [0.717, 1.165) is 5.56 Å². The van der Waals surface area contributed by atoms with Gasteiger partial charge in [0.2, 0.25) is 10.0 Å². The van der Waals surface area contributed by atoms with E-state index in [0.29, 0.717) is 11.3 Å². The largest absolute Gasteiger partial charge is 0.496 e. The number of sulfone groups is 1. The molecule has 1 heterocycles. The average molecular weight is 450 g/mol. The van der Waals surface area contributed by atoms with Crippen LogP contribution in [0.5, 0.6) is 5.75 Å². The fraction of sp³-hybridized carbons (Fsp3) is 0.238. The Morgan fingerprint density at radius 3 is 2.20 bits per heavy atom. The number of ether oxygens (including phenoxy) is 1. The summed E-state index contributed by atoms with van der Waals surface area (Å²) in [5.74, 6) is 0.716. The maximum Gasteiger partial charge on any atom is 0.240 e. The van der Waals surface area contributed by atoms with Crippen LogP contribution in [0, 0.1) is 13.8 Å². The van der Waals surface area contributed by atoms with E-state index in [2.05, 4.69) is 4.72 Å². The van der Waals surface area contributed by atoms with E-state index in [1.807, 2.05) is 6.92 Å². The van der Waals surface area contributed by atoms with Gasteiger partial charge in [-0.05, 0) is 61.9 Å². The minimum atomic E-state index is -3.95. The lowest BCUT2D eigenvalue weighted by Gasteiger charge is -2.17. The van der Waals surface area contributed by atoms with Gasteiger partial charge in [0.05, 0.1) is 23.2 Å². The number of methoxy groups -OCH3 is 1. The van der Waals surface area contributed by atoms with Crippen molar-refractivity contribution in [2.24, 2.45) is 0 Å². The van der Waals surface area contributed by atoms with Crippen molar-refractivity contribution in [1.29, 1.82) is 0 Å². The smallest absolute Gasteiger partial charge is 0.240 e. The summed E-state index contributed by atoms with van der Waals surface area (Å²) in [7, 11) is -6.36. The molecule has 9 heteroatoms. The van der Waals surface area contributed by atoms with Gasteiger partial charge >= 0.3 is 0 Å². The molecule has 2 aromatic carbocycles. The number of furan rings is 1. The molecule has 0 bridgehead atoms. The highest BCUT2D eigenvalue weighted by Crippen LogP contribution is 2.30. The van der Waals surface area contributed by atoms with Gasteiger partial charge in [-0.15, -0.1) is 0 Å². The molecule has 0 amide bonds. The van der Waals surface area contributed by atoms with E-state index >= 15 is 0 Å². The number of sulfonamides is 1. The summed E-state index contributed by atoms with van der Waals surface area (Å²) in [4.78, 5) is 0.112. The lowest BCUT2D eigenvalue weighted by atomic mass is 10.2. The summed E-state index contributed by atoms with van der Waals surface area (Å²) >= 11 is 0. The van der Waals surface area contributed by atoms with Crippen LogP contribution in [0.25, 0.3) is 0 Å². The van der Waals surface area contributed by atoms with Gasteiger partial charge in [-0.2, -0.15) is 0 Å². The van der Waals surface area contributed by atoms with Crippen LogP contribution in [0.2, 0.25) is 0 Å². The molecule has 1 N–H and O–H groups in total. The second kappa shape index (κ2) is 8.63. The topological polar surface area (TPSA) is 103 Å². The monoisotopic (exact) mass is 449 g/mol. The molecule has 0 radical (unpaired) electrons. The van der Waals surface area contributed by atoms with Gasteiger partial charge in [0, 0.05) is 6.54 Å². The van der Waals surface area contributed by atoms with Gasteiger partial charge in [0.15, 0.2) is 9.84 Å². The van der Waals surface area contributed by atoms with Crippen LogP contribution < -0.4 is 9.46 Å². The van der Waals surface area contributed by atoms with Crippen LogP contribution in [-0.4, -0.2) is 30.5 Å². The molecule has 3 aromatic rings. The maximum absolute atomic E-state index is 13.2. The normalized spacial score (nSPS) is 13.2. The Hall–Kier alpha value is -2.62. The summed E-state index contributed by atoms with van der Waals surface area (Å²) in [6, 6.07) is 13.9. The molecule has 0 unspecified atom stereocenters. The molecule has 7 nitrogen and oxygen atoms in total. The molecular formula is C21H23NO6S2. The van der Waals surface area contributed by atoms with E-state index in [1.54, 1.807) is 31.2 Å². The standard InChI is InChI=1S/C21H23NO6S2/c1-15-6-8-17(9-7-15)29(23,24)21(20-5-4-12-28-20)14-22-30(25,26)18-10-11-19(27-3)16(2)13-18/h4-13,21-22H,14H2,1-3H3/t21-/m1/s1. The molecule has 3 rings (SSSR count). The summed E-state index contributed by atoms with van der Waals surface area (Å²) < 4.78 is 64.9. The van der Waals surface area contributed by atoms with Gasteiger partial charge in [-0.3, -0.25) is 0 Å². The van der Waals surface area contributed by atoms with Crippen LogP contribution >= 0.6 is 0 Å². The van der Waals surface area contributed by atoms with Gasteiger partial charge in [0.25, 0.3) is 0 Å². The van der Waals surface area contributed by atoms with Crippen molar-refractivity contribution in [2.45, 2.75) is 28.9 Å². The first-order valence-electron chi connectivity index (χ1n) is 9.13. The Labute approximate surface area is 176 Å². The first kappa shape index (κ1) is 22.1. The molecule has 0 fully saturated rings. The minimum Gasteiger partial charge on any atom is -0.496 e. The molecule has 0 aliphatic rings. The third-order valence-electron chi connectivity index (χ3n) is 4.72. The number of hydrogen-bond donors (Lipinski definition) is 1. The number of benzene rings is 2. The molecule has 0 spiro atoms. The summed E-state index contributed by atoms with van der Waals surface area (Å²) in [6.07, 6.45) is 1.36. The first-order valence-corrected chi connectivity index (χ1v) is 12.2. The summed E-state index contributed by atoms with van der Waals surface area (Å²) in [5.41, 5.74) is 1.56. The third kappa shape index (κ3) is 4.58. The third-order valence-corrected chi connectivity index (χ3v) is 8.22. The molecule has 160 valence electrons. The number of nitrogens with one attached hydrogen (secondary N) is 1. The number of hydrogen-bond acceptors (Lipinski definition) is 6. The van der Waals surface area contributed by atoms with Gasteiger partial charge < -0.3 is 9.15 Å². The van der Waals surface area contributed by atoms with Crippen LogP contribution in [0.3, 0.4) is 0 Å². The quantitative estimate of drug-likeness (QED) is 0.565. The van der Waals surface area contributed by atoms with E-state index in [9.17, 15) is 16.8 Å². The van der Waals surface area contributed by atoms with Gasteiger partial charge in [-0.25, -0.2) is 21.6 Å². The molecule has 0 saturated carbocycles. The highest BCUT2D eigenvalue weighted by atomic mass is 32.2. The summed E-state index contributed by atoms with van der Waals surface area (Å²) in [5, 5.41) is -1.22. The predicted molar refractivity (Wildman–Crippen MR) is 113 cm³/mol. The van der Waals surface area contributed by atoms with Gasteiger partial charge in [-0.1, -0.05) is 17.7 Å². The van der Waals surface area contributed by atoms with Crippen molar-refractivity contribution >= 4 is 19.9 Å². The molecule has 0 aliphatic carbocycles. The highest BCUT2D eigenvalue weighted by molar-refractivity contribution is 7.92. The average Bonchev–Trinajstić information content (AvgIpc) is 3.22. The van der Waals surface area contributed by atoms with Crippen LogP contribution in [0.4, 0.5) is 0 Å². The lowest BCUT2D eigenvalue weighted by Crippen LogP contribution is -2.32. The van der Waals surface area contributed by atoms with Crippen molar-refractivity contribution in [3.8, 4) is 5.75 Å². The van der Waals surface area contributed by atoms with E-state index in [1.165, 1.54) is 43.7 Å². The second-order valence-corrected chi connectivity index (χ2v) is 10.7. The van der Waals surface area contributed by atoms with Gasteiger partial charge in [0.1, 0.15) is 16.8 Å². The number of rotatable bonds is 8. The van der Waals surface area contributed by atoms with E-state index in [-0.39, 0.29) is 22.1 Å². The minimum absolute atomic E-state index is 0.0201. The van der Waals surface area contributed by atoms with Crippen LogP contribution in [-0.2, 0) is 19.9 Å². The molecule has 0 aliphatic heterocycles. The first-order chi connectivity index (χ1) is 14.1. The van der Waals surface area contributed by atoms with Crippen molar-refractivity contribution in [3.05, 3.63) is 77.7 Å². The Bertz CT molecular complexity index is 1220. The fourth-order valence-electron chi connectivity index (χ4n) is 3.02. The molecule has 1 atom stereocenters. The van der Waals surface area contributed by atoms with E-state index < -0.39 is 25.1 Å². The molecular weight excluding hydrogens is 426 g/mol. The van der Waals surface area contributed by atoms with E-state index in [4.69, 9.17) is 9.15 Å². The SMILES string of the molecule is COc1ccc(S(=O)(=O)NC[C@H](c2ccco2)S(=O)(=O)c2ccc(C)cc2)cc1C. The highest BCUT2D eigenvalue weighted by Gasteiger charge is 2.33. The molecule has 0 saturated heterocycles. The second-order valence-electron chi connectivity index (χ2n) is 6.85. The van der Waals surface area contributed by atoms with Crippen molar-refractivity contribution in [3.63, 3.8) is 0 Å². The number of aryl methyl sites for hydroxylation is 2. The fourth-order valence-corrected chi connectivity index (χ4v) is 5.84. The zero-order valence-electron chi connectivity index (χ0n) is 16.8.